The van der Waals surface area contributed by atoms with E-state index in [9.17, 15) is 4.79 Å². The maximum Gasteiger partial charge on any atom is 0.253 e. The summed E-state index contributed by atoms with van der Waals surface area (Å²) in [6, 6.07) is 15.4. The van der Waals surface area contributed by atoms with E-state index in [0.29, 0.717) is 23.8 Å². The van der Waals surface area contributed by atoms with Crippen LogP contribution in [0.3, 0.4) is 0 Å². The number of aromatic nitrogens is 2. The number of rotatable bonds is 6. The van der Waals surface area contributed by atoms with Crippen molar-refractivity contribution in [3.05, 3.63) is 65.5 Å². The number of anilines is 1. The summed E-state index contributed by atoms with van der Waals surface area (Å²) >= 11 is 0. The molecule has 26 heavy (non-hydrogen) atoms. The number of hydrogen-bond acceptors (Lipinski definition) is 5. The van der Waals surface area contributed by atoms with Crippen LogP contribution in [0.15, 0.2) is 53.1 Å². The Morgan fingerprint density at radius 2 is 1.77 bits per heavy atom. The summed E-state index contributed by atoms with van der Waals surface area (Å²) in [6.07, 6.45) is 1.00. The van der Waals surface area contributed by atoms with E-state index < -0.39 is 0 Å². The summed E-state index contributed by atoms with van der Waals surface area (Å²) in [5.74, 6) is 1.07. The van der Waals surface area contributed by atoms with Crippen molar-refractivity contribution in [3.63, 3.8) is 0 Å². The highest BCUT2D eigenvalue weighted by atomic mass is 16.5. The van der Waals surface area contributed by atoms with Gasteiger partial charge in [-0.3, -0.25) is 4.79 Å². The molecule has 1 N–H and O–H groups in total. The predicted molar refractivity (Wildman–Crippen MR) is 101 cm³/mol. The first-order chi connectivity index (χ1) is 12.6. The molecule has 0 spiro atoms. The standard InChI is InChI=1S/C20H22N4O2/c1-4-14-5-7-15(8-6-14)19-22-18(26-23-19)13-21-17-11-9-16(10-12-17)20(25)24(2)3/h5-12,21H,4,13H2,1-3H3. The Kier molecular flexibility index (Phi) is 5.31. The van der Waals surface area contributed by atoms with Crippen molar-refractivity contribution in [3.8, 4) is 11.4 Å². The molecular weight excluding hydrogens is 328 g/mol. The Morgan fingerprint density at radius 3 is 2.38 bits per heavy atom. The van der Waals surface area contributed by atoms with Crippen LogP contribution in [0.1, 0.15) is 28.7 Å². The lowest BCUT2D eigenvalue weighted by Crippen LogP contribution is -2.21. The van der Waals surface area contributed by atoms with Crippen LogP contribution in [-0.2, 0) is 13.0 Å². The second-order valence-electron chi connectivity index (χ2n) is 6.19. The third kappa shape index (κ3) is 4.08. The molecule has 0 saturated heterocycles. The van der Waals surface area contributed by atoms with Gasteiger partial charge in [0.2, 0.25) is 11.7 Å². The molecule has 3 rings (SSSR count). The van der Waals surface area contributed by atoms with Gasteiger partial charge in [0.05, 0.1) is 6.54 Å². The molecule has 1 heterocycles. The molecule has 134 valence electrons. The molecule has 0 fully saturated rings. The number of carbonyl (C=O) groups is 1. The highest BCUT2D eigenvalue weighted by Crippen LogP contribution is 2.18. The molecule has 0 aliphatic rings. The number of nitrogens with one attached hydrogen (secondary N) is 1. The fraction of sp³-hybridized carbons (Fsp3) is 0.250. The largest absolute Gasteiger partial charge is 0.376 e. The minimum absolute atomic E-state index is 0.0211. The van der Waals surface area contributed by atoms with Gasteiger partial charge in [-0.15, -0.1) is 0 Å². The zero-order valence-corrected chi connectivity index (χ0v) is 15.2. The molecule has 1 amide bonds. The third-order valence-electron chi connectivity index (χ3n) is 4.07. The van der Waals surface area contributed by atoms with E-state index in [0.717, 1.165) is 17.7 Å². The average molecular weight is 350 g/mol. The van der Waals surface area contributed by atoms with Crippen LogP contribution >= 0.6 is 0 Å². The van der Waals surface area contributed by atoms with Crippen molar-refractivity contribution in [2.24, 2.45) is 0 Å². The second-order valence-corrected chi connectivity index (χ2v) is 6.19. The molecule has 0 atom stereocenters. The Morgan fingerprint density at radius 1 is 1.08 bits per heavy atom. The van der Waals surface area contributed by atoms with Crippen molar-refractivity contribution in [2.75, 3.05) is 19.4 Å². The molecule has 0 unspecified atom stereocenters. The van der Waals surface area contributed by atoms with Gasteiger partial charge in [-0.25, -0.2) is 0 Å². The maximum absolute atomic E-state index is 11.9. The number of amides is 1. The first-order valence-corrected chi connectivity index (χ1v) is 8.54. The number of nitrogens with zero attached hydrogens (tertiary/aromatic N) is 3. The Balaban J connectivity index is 1.61. The fourth-order valence-electron chi connectivity index (χ4n) is 2.50. The SMILES string of the molecule is CCc1ccc(-c2noc(CNc3ccc(C(=O)N(C)C)cc3)n2)cc1. The van der Waals surface area contributed by atoms with E-state index in [1.807, 2.05) is 24.3 Å². The van der Waals surface area contributed by atoms with E-state index in [2.05, 4.69) is 34.5 Å². The Hall–Kier alpha value is -3.15. The summed E-state index contributed by atoms with van der Waals surface area (Å²) in [4.78, 5) is 17.9. The van der Waals surface area contributed by atoms with Crippen molar-refractivity contribution in [1.29, 1.82) is 0 Å². The predicted octanol–water partition coefficient (Wildman–Crippen LogP) is 3.61. The Bertz CT molecular complexity index is 868. The summed E-state index contributed by atoms with van der Waals surface area (Å²) in [6.45, 7) is 2.54. The molecular formula is C20H22N4O2. The van der Waals surface area contributed by atoms with Gasteiger partial charge >= 0.3 is 0 Å². The molecule has 1 aromatic heterocycles. The van der Waals surface area contributed by atoms with E-state index in [-0.39, 0.29) is 5.91 Å². The normalized spacial score (nSPS) is 10.6. The molecule has 0 aliphatic carbocycles. The lowest BCUT2D eigenvalue weighted by atomic mass is 10.1. The van der Waals surface area contributed by atoms with Crippen LogP contribution < -0.4 is 5.32 Å². The van der Waals surface area contributed by atoms with Crippen LogP contribution in [0.25, 0.3) is 11.4 Å². The first kappa shape index (κ1) is 17.7. The second kappa shape index (κ2) is 7.82. The van der Waals surface area contributed by atoms with E-state index in [4.69, 9.17) is 4.52 Å². The molecule has 0 aliphatic heterocycles. The smallest absolute Gasteiger partial charge is 0.253 e. The highest BCUT2D eigenvalue weighted by Gasteiger charge is 2.10. The van der Waals surface area contributed by atoms with Crippen molar-refractivity contribution >= 4 is 11.6 Å². The van der Waals surface area contributed by atoms with Crippen LogP contribution in [-0.4, -0.2) is 35.0 Å². The molecule has 6 nitrogen and oxygen atoms in total. The summed E-state index contributed by atoms with van der Waals surface area (Å²) < 4.78 is 5.31. The van der Waals surface area contributed by atoms with Gasteiger partial charge in [0.1, 0.15) is 0 Å². The fourth-order valence-corrected chi connectivity index (χ4v) is 2.50. The monoisotopic (exact) mass is 350 g/mol. The van der Waals surface area contributed by atoms with E-state index in [1.54, 1.807) is 31.1 Å². The number of hydrogen-bond donors (Lipinski definition) is 1. The van der Waals surface area contributed by atoms with Gasteiger partial charge < -0.3 is 14.7 Å². The minimum atomic E-state index is -0.0211. The van der Waals surface area contributed by atoms with Crippen molar-refractivity contribution in [1.82, 2.24) is 15.0 Å². The number of aryl methyl sites for hydroxylation is 1. The average Bonchev–Trinajstić information content (AvgIpc) is 3.15. The van der Waals surface area contributed by atoms with E-state index in [1.165, 1.54) is 5.56 Å². The third-order valence-corrected chi connectivity index (χ3v) is 4.07. The molecule has 6 heteroatoms. The maximum atomic E-state index is 11.9. The van der Waals surface area contributed by atoms with Crippen molar-refractivity contribution < 1.29 is 9.32 Å². The molecule has 0 saturated carbocycles. The van der Waals surface area contributed by atoms with Gasteiger partial charge in [-0.05, 0) is 36.2 Å². The molecule has 0 radical (unpaired) electrons. The quantitative estimate of drug-likeness (QED) is 0.735. The Labute approximate surface area is 152 Å². The summed E-state index contributed by atoms with van der Waals surface area (Å²) in [5, 5.41) is 7.25. The van der Waals surface area contributed by atoms with Gasteiger partial charge in [0.25, 0.3) is 5.91 Å². The zero-order valence-electron chi connectivity index (χ0n) is 15.2. The van der Waals surface area contributed by atoms with Gasteiger partial charge in [0.15, 0.2) is 0 Å². The molecule has 2 aromatic carbocycles. The highest BCUT2D eigenvalue weighted by molar-refractivity contribution is 5.94. The molecule has 0 bridgehead atoms. The van der Waals surface area contributed by atoms with Gasteiger partial charge in [-0.1, -0.05) is 36.3 Å². The summed E-state index contributed by atoms with van der Waals surface area (Å²) in [5.41, 5.74) is 3.74. The van der Waals surface area contributed by atoms with Gasteiger partial charge in [0, 0.05) is 30.9 Å². The topological polar surface area (TPSA) is 71.3 Å². The lowest BCUT2D eigenvalue weighted by molar-refractivity contribution is 0.0827. The van der Waals surface area contributed by atoms with Crippen LogP contribution in [0, 0.1) is 0 Å². The zero-order chi connectivity index (χ0) is 18.5. The first-order valence-electron chi connectivity index (χ1n) is 8.54. The van der Waals surface area contributed by atoms with Crippen LogP contribution in [0.5, 0.6) is 0 Å². The molecule has 3 aromatic rings. The minimum Gasteiger partial charge on any atom is -0.376 e. The van der Waals surface area contributed by atoms with Crippen LogP contribution in [0.2, 0.25) is 0 Å². The van der Waals surface area contributed by atoms with Crippen molar-refractivity contribution in [2.45, 2.75) is 19.9 Å². The number of carbonyl (C=O) groups excluding carboxylic acids is 1. The lowest BCUT2D eigenvalue weighted by Gasteiger charge is -2.10. The summed E-state index contributed by atoms with van der Waals surface area (Å²) in [7, 11) is 3.47. The van der Waals surface area contributed by atoms with Crippen LogP contribution in [0.4, 0.5) is 5.69 Å². The van der Waals surface area contributed by atoms with Gasteiger partial charge in [-0.2, -0.15) is 4.98 Å². The van der Waals surface area contributed by atoms with E-state index >= 15 is 0 Å². The number of benzene rings is 2.